The number of nitro groups is 1. The summed E-state index contributed by atoms with van der Waals surface area (Å²) in [6, 6.07) is 6.92. The molecule has 1 aromatic carbocycles. The minimum atomic E-state index is -0.523. The molecule has 144 valence electrons. The lowest BCUT2D eigenvalue weighted by Crippen LogP contribution is -3.00. The largest absolute Gasteiger partial charge is 1.00 e. The Hall–Kier alpha value is -0.420. The van der Waals surface area contributed by atoms with Crippen molar-refractivity contribution in [3.05, 3.63) is 53.6 Å². The lowest BCUT2D eigenvalue weighted by Gasteiger charge is -2.28. The van der Waals surface area contributed by atoms with E-state index in [4.69, 9.17) is 9.15 Å². The Balaban J connectivity index is 0.00000338. The molecule has 10 heteroatoms. The van der Waals surface area contributed by atoms with Crippen molar-refractivity contribution in [1.29, 1.82) is 0 Å². The fraction of sp³-hybridized carbons (Fsp3) is 0.375. The highest BCUT2D eigenvalue weighted by Crippen LogP contribution is 2.36. The van der Waals surface area contributed by atoms with E-state index in [0.717, 1.165) is 32.1 Å². The van der Waals surface area contributed by atoms with Crippen LogP contribution in [0.15, 0.2) is 42.1 Å². The van der Waals surface area contributed by atoms with Gasteiger partial charge in [-0.2, -0.15) is 0 Å². The number of benzene rings is 1. The van der Waals surface area contributed by atoms with E-state index in [2.05, 4.69) is 61.9 Å². The van der Waals surface area contributed by atoms with Gasteiger partial charge in [-0.25, -0.2) is 0 Å². The minimum absolute atomic E-state index is 0. The summed E-state index contributed by atoms with van der Waals surface area (Å²) in [5.74, 6) is 1.16. The van der Waals surface area contributed by atoms with E-state index >= 15 is 0 Å². The highest BCUT2D eigenvalue weighted by molar-refractivity contribution is 9.11. The molecule has 1 aromatic heterocycles. The van der Waals surface area contributed by atoms with Gasteiger partial charge >= 0.3 is 5.88 Å². The van der Waals surface area contributed by atoms with E-state index in [9.17, 15) is 10.1 Å². The summed E-state index contributed by atoms with van der Waals surface area (Å²) in [5, 5.41) is 10.7. The first-order valence-electron chi connectivity index (χ1n) is 7.50. The summed E-state index contributed by atoms with van der Waals surface area (Å²) in [6.45, 7) is 2.00. The summed E-state index contributed by atoms with van der Waals surface area (Å²) >= 11 is 10.4. The fourth-order valence-electron chi connectivity index (χ4n) is 2.38. The first-order chi connectivity index (χ1) is 11.7. The topological polar surface area (TPSA) is 65.5 Å². The zero-order chi connectivity index (χ0) is 18.6. The van der Waals surface area contributed by atoms with Crippen LogP contribution < -0.4 is 21.7 Å². The third kappa shape index (κ3) is 6.95. The number of ether oxygens (including phenoxy) is 1. The van der Waals surface area contributed by atoms with E-state index in [1.807, 2.05) is 12.1 Å². The van der Waals surface area contributed by atoms with Crippen molar-refractivity contribution in [3.8, 4) is 5.75 Å². The average Bonchev–Trinajstić information content (AvgIpc) is 2.93. The van der Waals surface area contributed by atoms with Crippen LogP contribution in [0.1, 0.15) is 12.2 Å². The van der Waals surface area contributed by atoms with Gasteiger partial charge in [0.1, 0.15) is 17.2 Å². The quantitative estimate of drug-likeness (QED) is 0.197. The Bertz CT molecular complexity index is 741. The van der Waals surface area contributed by atoms with Crippen LogP contribution in [-0.4, -0.2) is 36.7 Å². The minimum Gasteiger partial charge on any atom is -1.00 e. The van der Waals surface area contributed by atoms with Gasteiger partial charge in [0, 0.05) is 10.9 Å². The molecule has 1 heterocycles. The Morgan fingerprint density at radius 2 is 1.81 bits per heavy atom. The second-order valence-corrected chi connectivity index (χ2v) is 8.84. The first-order valence-corrected chi connectivity index (χ1v) is 9.88. The molecule has 2 aromatic rings. The Morgan fingerprint density at radius 1 is 1.19 bits per heavy atom. The van der Waals surface area contributed by atoms with E-state index < -0.39 is 4.92 Å². The van der Waals surface area contributed by atoms with Crippen molar-refractivity contribution in [2.45, 2.75) is 13.0 Å². The summed E-state index contributed by atoms with van der Waals surface area (Å²) in [4.78, 5) is 10.2. The maximum atomic E-state index is 10.7. The van der Waals surface area contributed by atoms with E-state index in [1.165, 1.54) is 6.07 Å². The Morgan fingerprint density at radius 3 is 2.35 bits per heavy atom. The lowest BCUT2D eigenvalue weighted by molar-refractivity contribution is -0.904. The lowest BCUT2D eigenvalue weighted by atomic mass is 10.3. The normalized spacial score (nSPS) is 11.1. The van der Waals surface area contributed by atoms with Gasteiger partial charge in [-0.1, -0.05) is 15.9 Å². The van der Waals surface area contributed by atoms with Crippen molar-refractivity contribution >= 4 is 53.7 Å². The highest BCUT2D eigenvalue weighted by atomic mass is 79.9. The van der Waals surface area contributed by atoms with Crippen LogP contribution in [-0.2, 0) is 6.54 Å². The molecule has 0 aliphatic rings. The van der Waals surface area contributed by atoms with Crippen LogP contribution in [0.3, 0.4) is 0 Å². The summed E-state index contributed by atoms with van der Waals surface area (Å²) in [6.07, 6.45) is 0.838. The zero-order valence-corrected chi connectivity index (χ0v) is 20.5. The molecule has 26 heavy (non-hydrogen) atoms. The molecule has 0 atom stereocenters. The second-order valence-electron chi connectivity index (χ2n) is 6.22. The molecule has 2 rings (SSSR count). The van der Waals surface area contributed by atoms with Crippen molar-refractivity contribution in [2.24, 2.45) is 0 Å². The maximum Gasteiger partial charge on any atom is 0.433 e. The summed E-state index contributed by atoms with van der Waals surface area (Å²) < 4.78 is 14.5. The van der Waals surface area contributed by atoms with Crippen molar-refractivity contribution in [3.63, 3.8) is 0 Å². The van der Waals surface area contributed by atoms with Crippen molar-refractivity contribution in [1.82, 2.24) is 0 Å². The number of halogens is 4. The molecule has 0 bridgehead atoms. The molecule has 0 saturated heterocycles. The van der Waals surface area contributed by atoms with Gasteiger partial charge in [-0.15, -0.1) is 0 Å². The number of hydrogen-bond acceptors (Lipinski definition) is 4. The highest BCUT2D eigenvalue weighted by Gasteiger charge is 2.21. The number of rotatable bonds is 8. The van der Waals surface area contributed by atoms with Crippen molar-refractivity contribution < 1.29 is 35.5 Å². The standard InChI is InChI=1S/C16H18Br3N2O4.BrH/c1-21(2,10-12-4-5-15(25-12)20(22)23)6-3-7-24-16-13(18)8-11(17)9-14(16)19;/h4-5,8-9H,3,6-7,10H2,1-2H3;1H/q+1;/p-1. The average molecular weight is 622 g/mol. The van der Waals surface area contributed by atoms with E-state index in [0.29, 0.717) is 23.4 Å². The number of nitrogens with zero attached hydrogens (tertiary/aromatic N) is 2. The predicted molar refractivity (Wildman–Crippen MR) is 106 cm³/mol. The zero-order valence-electron chi connectivity index (χ0n) is 14.2. The molecule has 0 N–H and O–H groups in total. The van der Waals surface area contributed by atoms with Gasteiger partial charge in [0.2, 0.25) is 0 Å². The van der Waals surface area contributed by atoms with E-state index in [1.54, 1.807) is 6.07 Å². The van der Waals surface area contributed by atoms with Crippen LogP contribution in [0.25, 0.3) is 0 Å². The molecule has 0 radical (unpaired) electrons. The van der Waals surface area contributed by atoms with Crippen molar-refractivity contribution in [2.75, 3.05) is 27.2 Å². The predicted octanol–water partition coefficient (Wildman–Crippen LogP) is 2.52. The number of quaternary nitrogens is 1. The molecular weight excluding hydrogens is 604 g/mol. The maximum absolute atomic E-state index is 10.7. The number of furan rings is 1. The molecule has 0 saturated carbocycles. The SMILES string of the molecule is C[N+](C)(CCCOc1c(Br)cc(Br)cc1Br)Cc1ccc([N+](=O)[O-])o1.[Br-]. The van der Waals surface area contributed by atoms with Gasteiger partial charge in [-0.05, 0) is 50.1 Å². The molecular formula is C16H18Br4N2O4. The fourth-order valence-corrected chi connectivity index (χ4v) is 4.87. The Labute approximate surface area is 187 Å². The molecule has 0 spiro atoms. The number of hydrogen-bond donors (Lipinski definition) is 0. The van der Waals surface area contributed by atoms with Crippen LogP contribution in [0, 0.1) is 10.1 Å². The van der Waals surface area contributed by atoms with Gasteiger partial charge in [0.15, 0.2) is 5.76 Å². The van der Waals surface area contributed by atoms with Crippen LogP contribution >= 0.6 is 47.8 Å². The summed E-state index contributed by atoms with van der Waals surface area (Å²) in [5.41, 5.74) is 0. The van der Waals surface area contributed by atoms with Gasteiger partial charge in [-0.3, -0.25) is 10.1 Å². The molecule has 0 unspecified atom stereocenters. The third-order valence-corrected chi connectivity index (χ3v) is 5.16. The molecule has 6 nitrogen and oxygen atoms in total. The second kappa shape index (κ2) is 10.2. The monoisotopic (exact) mass is 618 g/mol. The van der Waals surface area contributed by atoms with Crippen LogP contribution in [0.4, 0.5) is 5.88 Å². The smallest absolute Gasteiger partial charge is 0.433 e. The van der Waals surface area contributed by atoms with Gasteiger partial charge in [0.25, 0.3) is 0 Å². The molecule has 0 aliphatic heterocycles. The van der Waals surface area contributed by atoms with Crippen LogP contribution in [0.5, 0.6) is 5.75 Å². The summed E-state index contributed by atoms with van der Waals surface area (Å²) in [7, 11) is 4.11. The molecule has 0 amide bonds. The first kappa shape index (κ1) is 23.6. The van der Waals surface area contributed by atoms with Crippen LogP contribution in [0.2, 0.25) is 0 Å². The van der Waals surface area contributed by atoms with Gasteiger partial charge in [0.05, 0.1) is 42.3 Å². The molecule has 0 aliphatic carbocycles. The Kier molecular flexibility index (Phi) is 9.28. The molecule has 0 fully saturated rings. The van der Waals surface area contributed by atoms with E-state index in [-0.39, 0.29) is 22.9 Å². The van der Waals surface area contributed by atoms with Gasteiger partial charge < -0.3 is 30.6 Å². The third-order valence-electron chi connectivity index (χ3n) is 3.53.